The minimum absolute atomic E-state index is 0. The molecular formula is C4H13KO6Sb2. The number of aliphatic hydroxyl groups excluding tert-OH is 2. The molecule has 0 aliphatic carbocycles. The zero-order chi connectivity index (χ0) is 8.31. The van der Waals surface area contributed by atoms with E-state index in [4.69, 9.17) is 20.4 Å². The zero-order valence-electron chi connectivity index (χ0n) is 6.17. The second-order valence-electron chi connectivity index (χ2n) is 1.57. The topological polar surface area (TPSA) is 115 Å². The summed E-state index contributed by atoms with van der Waals surface area (Å²) in [5.74, 6) is -3.54. The molecule has 0 saturated carbocycles. The molecule has 0 rings (SSSR count). The van der Waals surface area contributed by atoms with Crippen molar-refractivity contribution in [3.8, 4) is 0 Å². The fourth-order valence-corrected chi connectivity index (χ4v) is 0.270. The summed E-state index contributed by atoms with van der Waals surface area (Å²) in [6.07, 6.45) is -4.53. The third kappa shape index (κ3) is 10.4. The molecule has 0 aromatic rings. The summed E-state index contributed by atoms with van der Waals surface area (Å²) in [6.45, 7) is 0. The van der Waals surface area contributed by atoms with E-state index in [1.165, 1.54) is 0 Å². The second kappa shape index (κ2) is 12.2. The van der Waals surface area contributed by atoms with Crippen LogP contribution in [0.3, 0.4) is 0 Å². The van der Waals surface area contributed by atoms with E-state index in [-0.39, 0.29) is 100 Å². The quantitative estimate of drug-likeness (QED) is 0.327. The Hall–Kier alpha value is 2.13. The summed E-state index contributed by atoms with van der Waals surface area (Å²) in [6, 6.07) is 0. The van der Waals surface area contributed by atoms with E-state index in [9.17, 15) is 9.59 Å². The van der Waals surface area contributed by atoms with E-state index in [1.807, 2.05) is 0 Å². The summed E-state index contributed by atoms with van der Waals surface area (Å²) in [5, 5.41) is 32.5. The third-order valence-corrected chi connectivity index (χ3v) is 0.805. The summed E-state index contributed by atoms with van der Waals surface area (Å²) in [4.78, 5) is 19.5. The molecule has 0 aromatic carbocycles. The maximum atomic E-state index is 9.77. The van der Waals surface area contributed by atoms with E-state index >= 15 is 0 Å². The Bertz CT molecular complexity index is 147. The monoisotopic (exact) mass is 438 g/mol. The van der Waals surface area contributed by atoms with Crippen LogP contribution in [0.25, 0.3) is 0 Å². The molecular weight excluding hydrogens is 427 g/mol. The number of aliphatic carboxylic acids is 2. The average molecular weight is 440 g/mol. The predicted octanol–water partition coefficient (Wildman–Crippen LogP) is -5.14. The maximum absolute atomic E-state index is 9.77. The van der Waals surface area contributed by atoms with Gasteiger partial charge in [-0.3, -0.25) is 0 Å². The van der Waals surface area contributed by atoms with E-state index < -0.39 is 24.1 Å². The standard InChI is InChI=1S/C4H6O6.K.2Sb.7H/c5-1(3(7)8)2(6)4(9)10;;;;;;;;;;/h1-2,5-6H,(H,7,8)(H,9,10);;;;;;;;;;. The molecule has 0 saturated heterocycles. The van der Waals surface area contributed by atoms with E-state index in [0.717, 1.165) is 0 Å². The number of carboxylic acid groups (broad SMARTS) is 2. The van der Waals surface area contributed by atoms with Gasteiger partial charge in [0.15, 0.2) is 12.2 Å². The Balaban J connectivity index is -0.000000135. The molecule has 2 atom stereocenters. The van der Waals surface area contributed by atoms with Gasteiger partial charge >= 0.3 is 112 Å². The number of rotatable bonds is 3. The molecule has 0 spiro atoms. The first-order valence-corrected chi connectivity index (χ1v) is 2.28. The minimum atomic E-state index is -2.27. The van der Waals surface area contributed by atoms with Crippen LogP contribution in [0.15, 0.2) is 0 Å². The van der Waals surface area contributed by atoms with Crippen molar-refractivity contribution in [2.75, 3.05) is 0 Å². The Morgan fingerprint density at radius 1 is 0.846 bits per heavy atom. The second-order valence-corrected chi connectivity index (χ2v) is 1.57. The first kappa shape index (κ1) is 24.4. The fourth-order valence-electron chi connectivity index (χ4n) is 0.270. The number of carboxylic acids is 2. The number of aliphatic hydroxyl groups is 2. The molecule has 0 aliphatic rings. The Kier molecular flexibility index (Phi) is 22.9. The molecule has 76 valence electrons. The molecule has 13 heavy (non-hydrogen) atoms. The first-order valence-electron chi connectivity index (χ1n) is 2.28. The number of hydrogen-bond acceptors (Lipinski definition) is 4. The summed E-state index contributed by atoms with van der Waals surface area (Å²) < 4.78 is 0. The van der Waals surface area contributed by atoms with Gasteiger partial charge in [0.2, 0.25) is 0 Å². The van der Waals surface area contributed by atoms with Gasteiger partial charge in [-0.2, -0.15) is 0 Å². The number of hydrogen-bond donors (Lipinski definition) is 4. The third-order valence-electron chi connectivity index (χ3n) is 0.805. The zero-order valence-corrected chi connectivity index (χ0v) is 14.2. The van der Waals surface area contributed by atoms with E-state index in [1.54, 1.807) is 0 Å². The molecule has 0 amide bonds. The van der Waals surface area contributed by atoms with Crippen LogP contribution < -0.4 is 0 Å². The van der Waals surface area contributed by atoms with Crippen molar-refractivity contribution in [2.45, 2.75) is 12.2 Å². The number of carbonyl (C=O) groups is 2. The van der Waals surface area contributed by atoms with E-state index in [2.05, 4.69) is 0 Å². The van der Waals surface area contributed by atoms with Crippen LogP contribution in [0.1, 0.15) is 0 Å². The first-order chi connectivity index (χ1) is 4.46. The van der Waals surface area contributed by atoms with Crippen molar-refractivity contribution < 1.29 is 30.0 Å². The molecule has 4 N–H and O–H groups in total. The molecule has 0 heterocycles. The van der Waals surface area contributed by atoms with Crippen molar-refractivity contribution in [3.05, 3.63) is 0 Å². The van der Waals surface area contributed by atoms with Gasteiger partial charge in [-0.05, 0) is 0 Å². The molecule has 0 fully saturated rings. The molecule has 0 bridgehead atoms. The van der Waals surface area contributed by atoms with Gasteiger partial charge < -0.3 is 20.4 Å². The molecule has 0 aliphatic heterocycles. The van der Waals surface area contributed by atoms with Crippen LogP contribution in [0.4, 0.5) is 0 Å². The van der Waals surface area contributed by atoms with Gasteiger partial charge in [-0.1, -0.05) is 0 Å². The Morgan fingerprint density at radius 3 is 1.08 bits per heavy atom. The van der Waals surface area contributed by atoms with Crippen LogP contribution in [0.2, 0.25) is 0 Å². The molecule has 9 heteroatoms. The Morgan fingerprint density at radius 2 is 1.00 bits per heavy atom. The molecule has 0 aromatic heterocycles. The molecule has 2 unspecified atom stereocenters. The van der Waals surface area contributed by atoms with Crippen LogP contribution in [-0.4, -0.2) is 145 Å². The predicted molar refractivity (Wildman–Crippen MR) is 54.3 cm³/mol. The van der Waals surface area contributed by atoms with Gasteiger partial charge in [0.05, 0.1) is 0 Å². The molecule has 6 nitrogen and oxygen atoms in total. The van der Waals surface area contributed by atoms with Gasteiger partial charge in [0.1, 0.15) is 0 Å². The van der Waals surface area contributed by atoms with Crippen molar-refractivity contribution in [1.82, 2.24) is 0 Å². The summed E-state index contributed by atoms with van der Waals surface area (Å²) >= 11 is 0. The van der Waals surface area contributed by atoms with Gasteiger partial charge in [0, 0.05) is 0 Å². The van der Waals surface area contributed by atoms with Crippen LogP contribution in [0.5, 0.6) is 0 Å². The summed E-state index contributed by atoms with van der Waals surface area (Å²) in [7, 11) is 0. The van der Waals surface area contributed by atoms with Crippen molar-refractivity contribution in [1.29, 1.82) is 0 Å². The fraction of sp³-hybridized carbons (Fsp3) is 0.500. The summed E-state index contributed by atoms with van der Waals surface area (Å²) in [5.41, 5.74) is 0. The van der Waals surface area contributed by atoms with Crippen molar-refractivity contribution in [3.63, 3.8) is 0 Å². The average Bonchev–Trinajstić information content (AvgIpc) is 1.84. The van der Waals surface area contributed by atoms with Crippen molar-refractivity contribution >= 4 is 112 Å². The Labute approximate surface area is 151 Å². The van der Waals surface area contributed by atoms with E-state index in [0.29, 0.717) is 0 Å². The molecule has 0 radical (unpaired) electrons. The van der Waals surface area contributed by atoms with Gasteiger partial charge in [0.25, 0.3) is 0 Å². The van der Waals surface area contributed by atoms with Crippen LogP contribution in [-0.2, 0) is 9.59 Å². The normalized spacial score (nSPS) is 12.2. The van der Waals surface area contributed by atoms with Crippen molar-refractivity contribution in [2.24, 2.45) is 0 Å². The van der Waals surface area contributed by atoms with Gasteiger partial charge in [-0.25, -0.2) is 9.59 Å². The van der Waals surface area contributed by atoms with Crippen LogP contribution in [0, 0.1) is 0 Å². The van der Waals surface area contributed by atoms with Gasteiger partial charge in [-0.15, -0.1) is 0 Å². The van der Waals surface area contributed by atoms with Crippen LogP contribution >= 0.6 is 0 Å². The SMILES string of the molecule is O=C(O)C(O)C(O)C(=O)O.[KH].[SbH3].[SbH3].